The molecule has 2 N–H and O–H groups in total. The molecule has 0 aliphatic carbocycles. The van der Waals surface area contributed by atoms with E-state index < -0.39 is 17.0 Å². The predicted molar refractivity (Wildman–Crippen MR) is 105 cm³/mol. The van der Waals surface area contributed by atoms with E-state index in [1.54, 1.807) is 26.1 Å². The van der Waals surface area contributed by atoms with Gasteiger partial charge in [-0.3, -0.25) is 9.78 Å². The van der Waals surface area contributed by atoms with Crippen molar-refractivity contribution in [3.63, 3.8) is 0 Å². The lowest BCUT2D eigenvalue weighted by Gasteiger charge is -2.25. The van der Waals surface area contributed by atoms with Crippen LogP contribution >= 0.6 is 15.9 Å². The molecule has 0 bridgehead atoms. The minimum Gasteiger partial charge on any atom is -0.465 e. The van der Waals surface area contributed by atoms with Crippen LogP contribution in [-0.4, -0.2) is 27.5 Å². The SMILES string of the molecule is CC(C)(Cc1ccc(C(=O)C(C)(C)c2cccc(Br)c2)nc1)NC(=O)O. The molecule has 2 aromatic rings. The number of amides is 1. The number of aromatic nitrogens is 1. The fourth-order valence-corrected chi connectivity index (χ4v) is 3.24. The molecule has 1 aromatic heterocycles. The molecule has 138 valence electrons. The van der Waals surface area contributed by atoms with Gasteiger partial charge in [0.25, 0.3) is 0 Å². The Balaban J connectivity index is 2.19. The molecule has 0 atom stereocenters. The van der Waals surface area contributed by atoms with Gasteiger partial charge >= 0.3 is 6.09 Å². The number of Topliss-reactive ketones (excluding diaryl/α,β-unsaturated/α-hetero) is 1. The van der Waals surface area contributed by atoms with Crippen molar-refractivity contribution in [3.05, 3.63) is 63.9 Å². The van der Waals surface area contributed by atoms with Crippen molar-refractivity contribution in [2.24, 2.45) is 0 Å². The molecule has 2 rings (SSSR count). The molecule has 0 radical (unpaired) electrons. The van der Waals surface area contributed by atoms with Crippen LogP contribution in [0.2, 0.25) is 0 Å². The maximum absolute atomic E-state index is 13.0. The van der Waals surface area contributed by atoms with Gasteiger partial charge in [-0.05, 0) is 63.4 Å². The number of hydrogen-bond donors (Lipinski definition) is 2. The summed E-state index contributed by atoms with van der Waals surface area (Å²) in [6, 6.07) is 11.2. The molecule has 1 aromatic carbocycles. The van der Waals surface area contributed by atoms with E-state index in [0.717, 1.165) is 15.6 Å². The fraction of sp³-hybridized carbons (Fsp3) is 0.350. The van der Waals surface area contributed by atoms with Crippen LogP contribution in [0.1, 0.15) is 49.3 Å². The van der Waals surface area contributed by atoms with Gasteiger partial charge in [0.05, 0.1) is 5.41 Å². The van der Waals surface area contributed by atoms with Crippen molar-refractivity contribution in [2.45, 2.75) is 45.1 Å². The summed E-state index contributed by atoms with van der Waals surface area (Å²) in [6.07, 6.45) is 1.05. The Kier molecular flexibility index (Phi) is 5.86. The molecule has 0 saturated heterocycles. The maximum Gasteiger partial charge on any atom is 0.405 e. The largest absolute Gasteiger partial charge is 0.465 e. The highest BCUT2D eigenvalue weighted by Gasteiger charge is 2.31. The summed E-state index contributed by atoms with van der Waals surface area (Å²) in [7, 11) is 0. The van der Waals surface area contributed by atoms with Crippen molar-refractivity contribution >= 4 is 27.8 Å². The zero-order valence-corrected chi connectivity index (χ0v) is 16.9. The summed E-state index contributed by atoms with van der Waals surface area (Å²) in [4.78, 5) is 28.1. The molecule has 0 saturated carbocycles. The number of carbonyl (C=O) groups is 2. The number of nitrogens with one attached hydrogen (secondary N) is 1. The first-order chi connectivity index (χ1) is 12.0. The molecule has 0 unspecified atom stereocenters. The van der Waals surface area contributed by atoms with Crippen molar-refractivity contribution in [1.29, 1.82) is 0 Å². The van der Waals surface area contributed by atoms with E-state index >= 15 is 0 Å². The van der Waals surface area contributed by atoms with Crippen LogP contribution in [-0.2, 0) is 11.8 Å². The van der Waals surface area contributed by atoms with Crippen LogP contribution in [0.3, 0.4) is 0 Å². The van der Waals surface area contributed by atoms with Gasteiger partial charge in [-0.1, -0.05) is 34.1 Å². The highest BCUT2D eigenvalue weighted by molar-refractivity contribution is 9.10. The normalized spacial score (nSPS) is 11.9. The van der Waals surface area contributed by atoms with Crippen LogP contribution in [0.15, 0.2) is 47.1 Å². The van der Waals surface area contributed by atoms with E-state index in [0.29, 0.717) is 12.1 Å². The highest BCUT2D eigenvalue weighted by Crippen LogP contribution is 2.29. The lowest BCUT2D eigenvalue weighted by molar-refractivity contribution is 0.0903. The second-order valence-electron chi connectivity index (χ2n) is 7.51. The number of hydrogen-bond acceptors (Lipinski definition) is 3. The zero-order valence-electron chi connectivity index (χ0n) is 15.3. The standard InChI is InChI=1S/C20H23BrN2O3/c1-19(2,23-18(25)26)11-13-8-9-16(22-12-13)17(24)20(3,4)14-6-5-7-15(21)10-14/h5-10,12,23H,11H2,1-4H3,(H,25,26). The van der Waals surface area contributed by atoms with E-state index in [2.05, 4.69) is 26.2 Å². The topological polar surface area (TPSA) is 79.3 Å². The number of pyridine rings is 1. The first kappa shape index (κ1) is 20.1. The third-order valence-corrected chi connectivity index (χ3v) is 4.76. The van der Waals surface area contributed by atoms with Crippen LogP contribution in [0, 0.1) is 0 Å². The van der Waals surface area contributed by atoms with Gasteiger partial charge < -0.3 is 10.4 Å². The third-order valence-electron chi connectivity index (χ3n) is 4.26. The van der Waals surface area contributed by atoms with E-state index in [9.17, 15) is 9.59 Å². The van der Waals surface area contributed by atoms with Crippen molar-refractivity contribution in [2.75, 3.05) is 0 Å². The Bertz CT molecular complexity index is 814. The number of halogens is 1. The molecular weight excluding hydrogens is 396 g/mol. The van der Waals surface area contributed by atoms with E-state index in [1.165, 1.54) is 0 Å². The minimum atomic E-state index is -1.06. The van der Waals surface area contributed by atoms with E-state index in [4.69, 9.17) is 5.11 Å². The number of carbonyl (C=O) groups excluding carboxylic acids is 1. The number of carboxylic acid groups (broad SMARTS) is 1. The van der Waals surface area contributed by atoms with Crippen molar-refractivity contribution < 1.29 is 14.7 Å². The summed E-state index contributed by atoms with van der Waals surface area (Å²) in [5.41, 5.74) is 0.842. The Morgan fingerprint density at radius 2 is 1.85 bits per heavy atom. The molecular formula is C20H23BrN2O3. The molecule has 0 spiro atoms. The molecule has 5 nitrogen and oxygen atoms in total. The van der Waals surface area contributed by atoms with Crippen molar-refractivity contribution in [1.82, 2.24) is 10.3 Å². The van der Waals surface area contributed by atoms with Crippen LogP contribution in [0.4, 0.5) is 4.79 Å². The van der Waals surface area contributed by atoms with Gasteiger partial charge in [-0.2, -0.15) is 0 Å². The molecule has 0 aliphatic heterocycles. The molecule has 1 amide bonds. The van der Waals surface area contributed by atoms with Gasteiger partial charge in [-0.25, -0.2) is 4.79 Å². The Hall–Kier alpha value is -2.21. The van der Waals surface area contributed by atoms with Gasteiger partial charge in [0.2, 0.25) is 0 Å². The second-order valence-corrected chi connectivity index (χ2v) is 8.42. The quantitative estimate of drug-likeness (QED) is 0.672. The first-order valence-corrected chi connectivity index (χ1v) is 9.07. The summed E-state index contributed by atoms with van der Waals surface area (Å²) in [5.74, 6) is -0.0647. The molecule has 26 heavy (non-hydrogen) atoms. The number of rotatable bonds is 6. The lowest BCUT2D eigenvalue weighted by atomic mass is 9.79. The highest BCUT2D eigenvalue weighted by atomic mass is 79.9. The molecule has 0 aliphatic rings. The predicted octanol–water partition coefficient (Wildman–Crippen LogP) is 4.59. The van der Waals surface area contributed by atoms with Crippen LogP contribution < -0.4 is 5.32 Å². The Labute approximate surface area is 162 Å². The molecule has 0 fully saturated rings. The van der Waals surface area contributed by atoms with E-state index in [-0.39, 0.29) is 5.78 Å². The minimum absolute atomic E-state index is 0.0647. The fourth-order valence-electron chi connectivity index (χ4n) is 2.84. The van der Waals surface area contributed by atoms with Gasteiger partial charge in [0.1, 0.15) is 5.69 Å². The summed E-state index contributed by atoms with van der Waals surface area (Å²) < 4.78 is 0.923. The summed E-state index contributed by atoms with van der Waals surface area (Å²) in [6.45, 7) is 7.37. The molecule has 6 heteroatoms. The van der Waals surface area contributed by atoms with Gasteiger partial charge in [0, 0.05) is 16.2 Å². The Morgan fingerprint density at radius 1 is 1.15 bits per heavy atom. The summed E-state index contributed by atoms with van der Waals surface area (Å²) in [5, 5.41) is 11.4. The van der Waals surface area contributed by atoms with Gasteiger partial charge in [0.15, 0.2) is 5.78 Å². The average molecular weight is 419 g/mol. The second kappa shape index (κ2) is 7.58. The monoisotopic (exact) mass is 418 g/mol. The first-order valence-electron chi connectivity index (χ1n) is 8.28. The average Bonchev–Trinajstić information content (AvgIpc) is 2.53. The third kappa shape index (κ3) is 4.91. The van der Waals surface area contributed by atoms with E-state index in [1.807, 2.05) is 44.2 Å². The Morgan fingerprint density at radius 3 is 2.38 bits per heavy atom. The summed E-state index contributed by atoms with van der Waals surface area (Å²) >= 11 is 3.44. The smallest absolute Gasteiger partial charge is 0.405 e. The molecule has 1 heterocycles. The number of ketones is 1. The van der Waals surface area contributed by atoms with Crippen LogP contribution in [0.25, 0.3) is 0 Å². The maximum atomic E-state index is 13.0. The van der Waals surface area contributed by atoms with Crippen LogP contribution in [0.5, 0.6) is 0 Å². The lowest BCUT2D eigenvalue weighted by Crippen LogP contribution is -2.44. The van der Waals surface area contributed by atoms with Crippen molar-refractivity contribution in [3.8, 4) is 0 Å². The number of benzene rings is 1. The number of nitrogens with zero attached hydrogens (tertiary/aromatic N) is 1. The van der Waals surface area contributed by atoms with Gasteiger partial charge in [-0.15, -0.1) is 0 Å². The zero-order chi connectivity index (χ0) is 19.5.